The molecule has 0 radical (unpaired) electrons. The lowest BCUT2D eigenvalue weighted by molar-refractivity contribution is -0.136. The predicted molar refractivity (Wildman–Crippen MR) is 91.9 cm³/mol. The normalized spacial score (nSPS) is 11.8. The SMILES string of the molecule is O=C(O)CCc1cc2cc(Cl)ccc2n1S(=O)(=O)c1ccc(F)cc1. The monoisotopic (exact) mass is 381 g/mol. The van der Waals surface area contributed by atoms with Crippen LogP contribution in [-0.2, 0) is 21.2 Å². The number of carboxylic acids is 1. The van der Waals surface area contributed by atoms with E-state index in [0.29, 0.717) is 21.6 Å². The Morgan fingerprint density at radius 2 is 1.80 bits per heavy atom. The Morgan fingerprint density at radius 1 is 1.12 bits per heavy atom. The minimum Gasteiger partial charge on any atom is -0.481 e. The van der Waals surface area contributed by atoms with Gasteiger partial charge in [0.1, 0.15) is 5.82 Å². The number of aromatic nitrogens is 1. The molecule has 0 unspecified atom stereocenters. The van der Waals surface area contributed by atoms with E-state index in [1.165, 1.54) is 12.1 Å². The van der Waals surface area contributed by atoms with E-state index in [4.69, 9.17) is 16.7 Å². The molecule has 1 aromatic heterocycles. The number of carboxylic acid groups (broad SMARTS) is 1. The molecule has 5 nitrogen and oxygen atoms in total. The van der Waals surface area contributed by atoms with E-state index in [1.807, 2.05) is 0 Å². The average Bonchev–Trinajstić information content (AvgIpc) is 2.91. The van der Waals surface area contributed by atoms with Crippen LogP contribution in [0.1, 0.15) is 12.1 Å². The molecule has 0 saturated carbocycles. The first-order valence-electron chi connectivity index (χ1n) is 7.32. The Morgan fingerprint density at radius 3 is 2.44 bits per heavy atom. The van der Waals surface area contributed by atoms with Crippen LogP contribution >= 0.6 is 11.6 Å². The molecule has 0 saturated heterocycles. The summed E-state index contributed by atoms with van der Waals surface area (Å²) in [5, 5.41) is 9.93. The van der Waals surface area contributed by atoms with Crippen LogP contribution in [0.4, 0.5) is 4.39 Å². The number of halogens is 2. The Balaban J connectivity index is 2.23. The van der Waals surface area contributed by atoms with E-state index in [1.54, 1.807) is 24.3 Å². The molecule has 25 heavy (non-hydrogen) atoms. The van der Waals surface area contributed by atoms with Crippen LogP contribution in [0.2, 0.25) is 5.02 Å². The Bertz CT molecular complexity index is 1060. The molecule has 0 aliphatic heterocycles. The quantitative estimate of drug-likeness (QED) is 0.731. The van der Waals surface area contributed by atoms with Crippen molar-refractivity contribution in [3.63, 3.8) is 0 Å². The maximum atomic E-state index is 13.1. The molecule has 130 valence electrons. The van der Waals surface area contributed by atoms with Crippen LogP contribution in [0.25, 0.3) is 10.9 Å². The maximum Gasteiger partial charge on any atom is 0.303 e. The number of aryl methyl sites for hydroxylation is 1. The Labute approximate surface area is 148 Å². The molecule has 0 aliphatic carbocycles. The van der Waals surface area contributed by atoms with Crippen LogP contribution in [0.15, 0.2) is 53.4 Å². The summed E-state index contributed by atoms with van der Waals surface area (Å²) in [6.45, 7) is 0. The third-order valence-corrected chi connectivity index (χ3v) is 5.75. The van der Waals surface area contributed by atoms with Gasteiger partial charge in [0.05, 0.1) is 16.8 Å². The second-order valence-corrected chi connectivity index (χ2v) is 7.68. The first-order valence-corrected chi connectivity index (χ1v) is 9.13. The zero-order valence-electron chi connectivity index (χ0n) is 12.8. The van der Waals surface area contributed by atoms with Gasteiger partial charge in [0, 0.05) is 16.1 Å². The molecule has 0 amide bonds. The number of rotatable bonds is 5. The van der Waals surface area contributed by atoms with Crippen molar-refractivity contribution in [2.24, 2.45) is 0 Å². The number of fused-ring (bicyclic) bond motifs is 1. The van der Waals surface area contributed by atoms with Crippen molar-refractivity contribution in [1.82, 2.24) is 3.97 Å². The molecule has 3 aromatic rings. The van der Waals surface area contributed by atoms with E-state index in [2.05, 4.69) is 0 Å². The van der Waals surface area contributed by atoms with Crippen molar-refractivity contribution in [3.05, 3.63) is 65.1 Å². The predicted octanol–water partition coefficient (Wildman–Crippen LogP) is 3.69. The summed E-state index contributed by atoms with van der Waals surface area (Å²) >= 11 is 5.96. The van der Waals surface area contributed by atoms with Gasteiger partial charge < -0.3 is 5.11 Å². The van der Waals surface area contributed by atoms with Crippen LogP contribution in [-0.4, -0.2) is 23.5 Å². The van der Waals surface area contributed by atoms with Crippen LogP contribution < -0.4 is 0 Å². The van der Waals surface area contributed by atoms with Gasteiger partial charge in [0.25, 0.3) is 10.0 Å². The van der Waals surface area contributed by atoms with Crippen LogP contribution in [0, 0.1) is 5.82 Å². The summed E-state index contributed by atoms with van der Waals surface area (Å²) in [5.41, 5.74) is 0.707. The van der Waals surface area contributed by atoms with Gasteiger partial charge in [-0.1, -0.05) is 11.6 Å². The third-order valence-electron chi connectivity index (χ3n) is 3.74. The van der Waals surface area contributed by atoms with Crippen molar-refractivity contribution in [1.29, 1.82) is 0 Å². The second kappa shape index (κ2) is 6.50. The fourth-order valence-corrected chi connectivity index (χ4v) is 4.37. The summed E-state index contributed by atoms with van der Waals surface area (Å²) in [7, 11) is -4.02. The van der Waals surface area contributed by atoms with E-state index >= 15 is 0 Å². The highest BCUT2D eigenvalue weighted by Gasteiger charge is 2.23. The summed E-state index contributed by atoms with van der Waals surface area (Å²) in [4.78, 5) is 10.8. The van der Waals surface area contributed by atoms with Gasteiger partial charge in [-0.25, -0.2) is 16.8 Å². The first kappa shape index (κ1) is 17.4. The fraction of sp³-hybridized carbons (Fsp3) is 0.118. The summed E-state index contributed by atoms with van der Waals surface area (Å²) in [6.07, 6.45) is -0.189. The largest absolute Gasteiger partial charge is 0.481 e. The van der Waals surface area contributed by atoms with Crippen molar-refractivity contribution < 1.29 is 22.7 Å². The number of hydrogen-bond acceptors (Lipinski definition) is 3. The Kier molecular flexibility index (Phi) is 4.53. The van der Waals surface area contributed by atoms with Gasteiger partial charge >= 0.3 is 5.97 Å². The minimum absolute atomic E-state index is 0.0298. The highest BCUT2D eigenvalue weighted by atomic mass is 35.5. The third kappa shape index (κ3) is 3.38. The van der Waals surface area contributed by atoms with E-state index in [0.717, 1.165) is 16.1 Å². The topological polar surface area (TPSA) is 76.4 Å². The lowest BCUT2D eigenvalue weighted by atomic mass is 10.2. The first-order chi connectivity index (χ1) is 11.8. The van der Waals surface area contributed by atoms with Gasteiger partial charge in [0.15, 0.2) is 0 Å². The lowest BCUT2D eigenvalue weighted by Gasteiger charge is -2.12. The van der Waals surface area contributed by atoms with Gasteiger partial charge in [-0.2, -0.15) is 0 Å². The lowest BCUT2D eigenvalue weighted by Crippen LogP contribution is -2.16. The van der Waals surface area contributed by atoms with Gasteiger partial charge in [0.2, 0.25) is 0 Å². The van der Waals surface area contributed by atoms with E-state index in [9.17, 15) is 17.6 Å². The van der Waals surface area contributed by atoms with E-state index < -0.39 is 21.8 Å². The van der Waals surface area contributed by atoms with Crippen molar-refractivity contribution >= 4 is 38.5 Å². The maximum absolute atomic E-state index is 13.1. The number of hydrogen-bond donors (Lipinski definition) is 1. The van der Waals surface area contributed by atoms with Crippen molar-refractivity contribution in [2.75, 3.05) is 0 Å². The molecule has 2 aromatic carbocycles. The molecule has 3 rings (SSSR count). The van der Waals surface area contributed by atoms with Gasteiger partial charge in [-0.3, -0.25) is 4.79 Å². The number of aliphatic carboxylic acids is 1. The molecular formula is C17H13ClFNO4S. The highest BCUT2D eigenvalue weighted by Crippen LogP contribution is 2.28. The summed E-state index contributed by atoms with van der Waals surface area (Å²) in [5.74, 6) is -1.58. The van der Waals surface area contributed by atoms with Gasteiger partial charge in [-0.15, -0.1) is 0 Å². The highest BCUT2D eigenvalue weighted by molar-refractivity contribution is 7.90. The molecule has 0 spiro atoms. The standard InChI is InChI=1S/C17H13ClFNO4S/c18-12-1-7-16-11(9-12)10-14(4-8-17(21)22)20(16)25(23,24)15-5-2-13(19)3-6-15/h1-3,5-7,9-10H,4,8H2,(H,21,22). The molecule has 0 atom stereocenters. The zero-order valence-corrected chi connectivity index (χ0v) is 14.4. The number of carbonyl (C=O) groups is 1. The molecular weight excluding hydrogens is 369 g/mol. The molecule has 0 bridgehead atoms. The van der Waals surface area contributed by atoms with Crippen LogP contribution in [0.5, 0.6) is 0 Å². The smallest absolute Gasteiger partial charge is 0.303 e. The molecule has 0 fully saturated rings. The fourth-order valence-electron chi connectivity index (χ4n) is 2.62. The Hall–Kier alpha value is -2.38. The zero-order chi connectivity index (χ0) is 18.2. The second-order valence-electron chi connectivity index (χ2n) is 5.46. The van der Waals surface area contributed by atoms with E-state index in [-0.39, 0.29) is 17.7 Å². The molecule has 8 heteroatoms. The number of nitrogens with zero attached hydrogens (tertiary/aromatic N) is 1. The van der Waals surface area contributed by atoms with Crippen molar-refractivity contribution in [3.8, 4) is 0 Å². The molecule has 1 heterocycles. The summed E-state index contributed by atoms with van der Waals surface area (Å²) in [6, 6.07) is 10.8. The minimum atomic E-state index is -4.02. The van der Waals surface area contributed by atoms with Crippen LogP contribution in [0.3, 0.4) is 0 Å². The molecule has 1 N–H and O–H groups in total. The summed E-state index contributed by atoms with van der Waals surface area (Å²) < 4.78 is 40.3. The van der Waals surface area contributed by atoms with Crippen molar-refractivity contribution in [2.45, 2.75) is 17.7 Å². The van der Waals surface area contributed by atoms with Gasteiger partial charge in [-0.05, 0) is 55.0 Å². The molecule has 0 aliphatic rings. The number of benzene rings is 2. The average molecular weight is 382 g/mol.